The van der Waals surface area contributed by atoms with Gasteiger partial charge in [-0.15, -0.1) is 0 Å². The molecule has 1 aliphatic carbocycles. The topological polar surface area (TPSA) is 55.5 Å². The third kappa shape index (κ3) is 3.33. The van der Waals surface area contributed by atoms with Crippen molar-refractivity contribution < 1.29 is 4.74 Å². The molecule has 1 fully saturated rings. The van der Waals surface area contributed by atoms with Crippen molar-refractivity contribution in [2.75, 3.05) is 11.5 Å². The number of aryl methyl sites for hydroxylation is 1. The summed E-state index contributed by atoms with van der Waals surface area (Å²) in [7, 11) is 0. The number of hydrogen-bond acceptors (Lipinski definition) is 5. The molecule has 1 aliphatic rings. The molecule has 0 aliphatic heterocycles. The highest BCUT2D eigenvalue weighted by Crippen LogP contribution is 2.35. The molecule has 0 atom stereocenters. The van der Waals surface area contributed by atoms with Crippen molar-refractivity contribution in [2.24, 2.45) is 0 Å². The Labute approximate surface area is 155 Å². The third-order valence-electron chi connectivity index (χ3n) is 4.31. The van der Waals surface area contributed by atoms with E-state index in [1.54, 1.807) is 6.33 Å². The van der Waals surface area contributed by atoms with Gasteiger partial charge in [-0.2, -0.15) is 14.6 Å². The van der Waals surface area contributed by atoms with Crippen LogP contribution in [0.1, 0.15) is 31.0 Å². The van der Waals surface area contributed by atoms with Crippen LogP contribution in [0.5, 0.6) is 5.75 Å². The van der Waals surface area contributed by atoms with Gasteiger partial charge in [0.1, 0.15) is 17.9 Å². The fourth-order valence-electron chi connectivity index (χ4n) is 3.05. The minimum atomic E-state index is 0.516. The minimum Gasteiger partial charge on any atom is -0.494 e. The van der Waals surface area contributed by atoms with Crippen molar-refractivity contribution in [3.63, 3.8) is 0 Å². The molecule has 130 valence electrons. The predicted octanol–water partition coefficient (Wildman–Crippen LogP) is 3.76. The largest absolute Gasteiger partial charge is 0.494 e. The molecule has 6 nitrogen and oxygen atoms in total. The molecule has 3 aromatic rings. The Hall–Kier alpha value is -2.15. The van der Waals surface area contributed by atoms with Crippen LogP contribution in [0.15, 0.2) is 35.1 Å². The van der Waals surface area contributed by atoms with E-state index < -0.39 is 0 Å². The quantitative estimate of drug-likeness (QED) is 0.629. The van der Waals surface area contributed by atoms with Crippen LogP contribution in [-0.4, -0.2) is 32.2 Å². The van der Waals surface area contributed by atoms with Gasteiger partial charge in [0.15, 0.2) is 0 Å². The predicted molar refractivity (Wildman–Crippen MR) is 100 cm³/mol. The number of aromatic nitrogens is 4. The summed E-state index contributed by atoms with van der Waals surface area (Å²) in [6.45, 7) is 5.42. The highest BCUT2D eigenvalue weighted by atomic mass is 79.9. The fourth-order valence-corrected chi connectivity index (χ4v) is 3.46. The van der Waals surface area contributed by atoms with Crippen molar-refractivity contribution in [1.82, 2.24) is 19.6 Å². The monoisotopic (exact) mass is 401 g/mol. The summed E-state index contributed by atoms with van der Waals surface area (Å²) in [5.74, 6) is 2.60. The van der Waals surface area contributed by atoms with Crippen LogP contribution in [0, 0.1) is 6.92 Å². The number of fused-ring (bicyclic) bond motifs is 1. The summed E-state index contributed by atoms with van der Waals surface area (Å²) in [6, 6.07) is 8.77. The lowest BCUT2D eigenvalue weighted by molar-refractivity contribution is 0.336. The number of benzene rings is 1. The summed E-state index contributed by atoms with van der Waals surface area (Å²) in [5.41, 5.74) is 2.10. The Morgan fingerprint density at radius 1 is 1.32 bits per heavy atom. The summed E-state index contributed by atoms with van der Waals surface area (Å²) in [5, 5.41) is 4.37. The van der Waals surface area contributed by atoms with E-state index in [0.717, 1.165) is 33.8 Å². The first kappa shape index (κ1) is 16.3. The minimum absolute atomic E-state index is 0.516. The Morgan fingerprint density at radius 3 is 2.92 bits per heavy atom. The maximum atomic E-state index is 5.83. The second-order valence-electron chi connectivity index (χ2n) is 6.27. The van der Waals surface area contributed by atoms with Crippen molar-refractivity contribution in [3.05, 3.63) is 46.3 Å². The van der Waals surface area contributed by atoms with Gasteiger partial charge in [0, 0.05) is 34.4 Å². The molecule has 0 bridgehead atoms. The van der Waals surface area contributed by atoms with Crippen LogP contribution in [0.4, 0.5) is 5.82 Å². The number of halogens is 1. The second kappa shape index (κ2) is 6.63. The van der Waals surface area contributed by atoms with Crippen molar-refractivity contribution in [1.29, 1.82) is 0 Å². The van der Waals surface area contributed by atoms with Crippen molar-refractivity contribution in [3.8, 4) is 5.75 Å². The Kier molecular flexibility index (Phi) is 4.33. The molecular formula is C18H20BrN5O. The lowest BCUT2D eigenvalue weighted by Crippen LogP contribution is -2.28. The van der Waals surface area contributed by atoms with E-state index in [4.69, 9.17) is 4.74 Å². The molecule has 0 N–H and O–H groups in total. The van der Waals surface area contributed by atoms with Gasteiger partial charge in [0.25, 0.3) is 5.78 Å². The zero-order chi connectivity index (χ0) is 17.4. The first-order valence-electron chi connectivity index (χ1n) is 8.51. The van der Waals surface area contributed by atoms with Crippen molar-refractivity contribution in [2.45, 2.75) is 39.3 Å². The molecule has 1 saturated carbocycles. The smallest absolute Gasteiger partial charge is 0.254 e. The highest BCUT2D eigenvalue weighted by Gasteiger charge is 2.32. The first-order chi connectivity index (χ1) is 12.2. The van der Waals surface area contributed by atoms with E-state index in [1.165, 1.54) is 12.8 Å². The van der Waals surface area contributed by atoms with Crippen LogP contribution in [0.2, 0.25) is 0 Å². The van der Waals surface area contributed by atoms with Crippen LogP contribution in [-0.2, 0) is 6.54 Å². The Bertz CT molecular complexity index is 906. The summed E-state index contributed by atoms with van der Waals surface area (Å²) < 4.78 is 8.71. The molecule has 0 spiro atoms. The summed E-state index contributed by atoms with van der Waals surface area (Å²) in [6.07, 6.45) is 3.94. The Balaban J connectivity index is 1.76. The summed E-state index contributed by atoms with van der Waals surface area (Å²) >= 11 is 3.58. The zero-order valence-electron chi connectivity index (χ0n) is 14.3. The first-order valence-corrected chi connectivity index (χ1v) is 9.30. The molecule has 0 radical (unpaired) electrons. The maximum absolute atomic E-state index is 5.83. The highest BCUT2D eigenvalue weighted by molar-refractivity contribution is 9.10. The van der Waals surface area contributed by atoms with Crippen LogP contribution < -0.4 is 9.64 Å². The van der Waals surface area contributed by atoms with Crippen molar-refractivity contribution >= 4 is 27.5 Å². The average molecular weight is 402 g/mol. The molecular weight excluding hydrogens is 382 g/mol. The normalized spacial score (nSPS) is 14.0. The van der Waals surface area contributed by atoms with E-state index >= 15 is 0 Å². The van der Waals surface area contributed by atoms with Gasteiger partial charge in [-0.1, -0.05) is 15.9 Å². The fraction of sp³-hybridized carbons (Fsp3) is 0.389. The molecule has 7 heteroatoms. The lowest BCUT2D eigenvalue weighted by Gasteiger charge is -2.26. The molecule has 25 heavy (non-hydrogen) atoms. The van der Waals surface area contributed by atoms with Crippen LogP contribution in [0.3, 0.4) is 0 Å². The molecule has 0 unspecified atom stereocenters. The van der Waals surface area contributed by atoms with E-state index in [0.29, 0.717) is 18.4 Å². The number of anilines is 1. The standard InChI is InChI=1S/C18H20BrN5O/c1-3-25-16-7-4-14(19)9-13(16)10-23(15-5-6-15)17-8-12(2)22-18-20-11-21-24(17)18/h4,7-9,11,15H,3,5-6,10H2,1-2H3. The second-order valence-corrected chi connectivity index (χ2v) is 7.19. The van der Waals surface area contributed by atoms with Gasteiger partial charge in [-0.05, 0) is 44.9 Å². The van der Waals surface area contributed by atoms with E-state index in [2.05, 4.69) is 48.0 Å². The van der Waals surface area contributed by atoms with Gasteiger partial charge >= 0.3 is 0 Å². The van der Waals surface area contributed by atoms with Crippen LogP contribution >= 0.6 is 15.9 Å². The van der Waals surface area contributed by atoms with E-state index in [1.807, 2.05) is 30.5 Å². The van der Waals surface area contributed by atoms with E-state index in [9.17, 15) is 0 Å². The number of nitrogens with zero attached hydrogens (tertiary/aromatic N) is 5. The van der Waals surface area contributed by atoms with Gasteiger partial charge in [-0.25, -0.2) is 4.98 Å². The molecule has 4 rings (SSSR count). The Morgan fingerprint density at radius 2 is 2.16 bits per heavy atom. The van der Waals surface area contributed by atoms with E-state index in [-0.39, 0.29) is 0 Å². The number of rotatable bonds is 6. The maximum Gasteiger partial charge on any atom is 0.254 e. The summed E-state index contributed by atoms with van der Waals surface area (Å²) in [4.78, 5) is 11.1. The molecule has 1 aromatic carbocycles. The van der Waals surface area contributed by atoms with Crippen LogP contribution in [0.25, 0.3) is 5.78 Å². The van der Waals surface area contributed by atoms with Gasteiger partial charge in [0.05, 0.1) is 6.61 Å². The van der Waals surface area contributed by atoms with Gasteiger partial charge < -0.3 is 9.64 Å². The molecule has 2 aromatic heterocycles. The molecule has 0 amide bonds. The lowest BCUT2D eigenvalue weighted by atomic mass is 10.2. The number of hydrogen-bond donors (Lipinski definition) is 0. The zero-order valence-corrected chi connectivity index (χ0v) is 15.9. The molecule has 0 saturated heterocycles. The van der Waals surface area contributed by atoms with Gasteiger partial charge in [0.2, 0.25) is 0 Å². The average Bonchev–Trinajstić information content (AvgIpc) is 3.32. The molecule has 2 heterocycles. The third-order valence-corrected chi connectivity index (χ3v) is 4.80. The van der Waals surface area contributed by atoms with Gasteiger partial charge in [-0.3, -0.25) is 0 Å². The number of ether oxygens (including phenoxy) is 1. The SMILES string of the molecule is CCOc1ccc(Br)cc1CN(c1cc(C)nc2ncnn12)C1CC1.